The van der Waals surface area contributed by atoms with Crippen LogP contribution in [0.1, 0.15) is 11.6 Å². The van der Waals surface area contributed by atoms with Gasteiger partial charge < -0.3 is 20.1 Å². The van der Waals surface area contributed by atoms with Crippen LogP contribution >= 0.6 is 0 Å². The van der Waals surface area contributed by atoms with Gasteiger partial charge in [0, 0.05) is 0 Å². The largest absolute Gasteiger partial charge is 0.504 e. The monoisotopic (exact) mass is 255 g/mol. The number of rotatable bonds is 6. The molecule has 1 aromatic rings. The number of nitrogens with one attached hydrogen (secondary N) is 1. The highest BCUT2D eigenvalue weighted by Crippen LogP contribution is 2.28. The molecular formula is C11H13NO6. The lowest BCUT2D eigenvalue weighted by molar-refractivity contribution is -0.140. The van der Waals surface area contributed by atoms with Gasteiger partial charge in [-0.15, -0.1) is 0 Å². The highest BCUT2D eigenvalue weighted by molar-refractivity contribution is 5.77. The second-order valence-electron chi connectivity index (χ2n) is 3.48. The molecule has 0 aromatic heterocycles. The molecule has 98 valence electrons. The van der Waals surface area contributed by atoms with Gasteiger partial charge in [-0.1, -0.05) is 6.07 Å². The predicted molar refractivity (Wildman–Crippen MR) is 60.7 cm³/mol. The number of phenols is 1. The first kappa shape index (κ1) is 13.8. The summed E-state index contributed by atoms with van der Waals surface area (Å²) in [5.74, 6) is -2.38. The zero-order valence-corrected chi connectivity index (χ0v) is 9.58. The standard InChI is InChI=1S/C11H13NO6/c1-18-8-4-6(2-3-7(8)13)10(11(16)17)12-5-9(14)15/h2-4,10,12-13H,5H2,1H3,(H,14,15)(H,16,17). The Morgan fingerprint density at radius 3 is 2.56 bits per heavy atom. The SMILES string of the molecule is COc1cc(C(NCC(=O)O)C(=O)O)ccc1O. The van der Waals surface area contributed by atoms with E-state index in [0.717, 1.165) is 0 Å². The quantitative estimate of drug-likeness (QED) is 0.573. The van der Waals surface area contributed by atoms with E-state index in [-0.39, 0.29) is 11.5 Å². The third kappa shape index (κ3) is 3.36. The van der Waals surface area contributed by atoms with E-state index in [0.29, 0.717) is 5.56 Å². The number of hydrogen-bond donors (Lipinski definition) is 4. The van der Waals surface area contributed by atoms with Crippen molar-refractivity contribution in [3.05, 3.63) is 23.8 Å². The molecule has 0 saturated heterocycles. The molecular weight excluding hydrogens is 242 g/mol. The minimum absolute atomic E-state index is 0.121. The fourth-order valence-corrected chi connectivity index (χ4v) is 1.41. The third-order valence-electron chi connectivity index (χ3n) is 2.24. The van der Waals surface area contributed by atoms with E-state index in [2.05, 4.69) is 5.32 Å². The summed E-state index contributed by atoms with van der Waals surface area (Å²) in [6, 6.07) is 2.82. The van der Waals surface area contributed by atoms with E-state index in [1.54, 1.807) is 0 Å². The van der Waals surface area contributed by atoms with Crippen LogP contribution < -0.4 is 10.1 Å². The number of carboxylic acid groups (broad SMARTS) is 2. The molecule has 0 heterocycles. The third-order valence-corrected chi connectivity index (χ3v) is 2.24. The number of benzene rings is 1. The molecule has 18 heavy (non-hydrogen) atoms. The summed E-state index contributed by atoms with van der Waals surface area (Å²) < 4.78 is 4.85. The molecule has 0 fully saturated rings. The first-order chi connectivity index (χ1) is 8.45. The van der Waals surface area contributed by atoms with Crippen LogP contribution in [0.2, 0.25) is 0 Å². The number of carbonyl (C=O) groups is 2. The van der Waals surface area contributed by atoms with Gasteiger partial charge in [-0.3, -0.25) is 14.9 Å². The Labute approximate surface area is 103 Å². The van der Waals surface area contributed by atoms with Gasteiger partial charge in [0.1, 0.15) is 6.04 Å². The summed E-state index contributed by atoms with van der Waals surface area (Å²) in [4.78, 5) is 21.5. The normalized spacial score (nSPS) is 11.8. The molecule has 0 aliphatic rings. The van der Waals surface area contributed by atoms with Crippen molar-refractivity contribution in [3.8, 4) is 11.5 Å². The molecule has 1 aromatic carbocycles. The molecule has 0 bridgehead atoms. The summed E-state index contributed by atoms with van der Waals surface area (Å²) in [5, 5.41) is 29.3. The lowest BCUT2D eigenvalue weighted by atomic mass is 10.1. The average molecular weight is 255 g/mol. The molecule has 0 saturated carbocycles. The Bertz CT molecular complexity index is 459. The van der Waals surface area contributed by atoms with Gasteiger partial charge in [0.15, 0.2) is 11.5 Å². The van der Waals surface area contributed by atoms with Crippen LogP contribution in [0.3, 0.4) is 0 Å². The van der Waals surface area contributed by atoms with Crippen LogP contribution in [-0.2, 0) is 9.59 Å². The van der Waals surface area contributed by atoms with Gasteiger partial charge in [-0.05, 0) is 17.7 Å². The lowest BCUT2D eigenvalue weighted by Crippen LogP contribution is -2.32. The number of hydrogen-bond acceptors (Lipinski definition) is 5. The van der Waals surface area contributed by atoms with E-state index in [1.165, 1.54) is 25.3 Å². The second kappa shape index (κ2) is 5.87. The number of carboxylic acids is 2. The maximum Gasteiger partial charge on any atom is 0.325 e. The van der Waals surface area contributed by atoms with Gasteiger partial charge in [-0.25, -0.2) is 0 Å². The molecule has 1 unspecified atom stereocenters. The first-order valence-corrected chi connectivity index (χ1v) is 5.00. The zero-order valence-electron chi connectivity index (χ0n) is 9.58. The van der Waals surface area contributed by atoms with Crippen LogP contribution in [0.5, 0.6) is 11.5 Å². The highest BCUT2D eigenvalue weighted by atomic mass is 16.5. The van der Waals surface area contributed by atoms with E-state index >= 15 is 0 Å². The Hall–Kier alpha value is -2.28. The van der Waals surface area contributed by atoms with Crippen molar-refractivity contribution in [1.82, 2.24) is 5.32 Å². The van der Waals surface area contributed by atoms with Crippen molar-refractivity contribution in [1.29, 1.82) is 0 Å². The van der Waals surface area contributed by atoms with Crippen molar-refractivity contribution in [2.24, 2.45) is 0 Å². The second-order valence-corrected chi connectivity index (χ2v) is 3.48. The molecule has 0 aliphatic heterocycles. The number of ether oxygens (including phenoxy) is 1. The van der Waals surface area contributed by atoms with Crippen molar-refractivity contribution in [2.75, 3.05) is 13.7 Å². The molecule has 0 radical (unpaired) electrons. The molecule has 7 heteroatoms. The Morgan fingerprint density at radius 1 is 1.39 bits per heavy atom. The number of phenolic OH excluding ortho intramolecular Hbond substituents is 1. The van der Waals surface area contributed by atoms with Gasteiger partial charge in [0.05, 0.1) is 13.7 Å². The van der Waals surface area contributed by atoms with E-state index in [4.69, 9.17) is 14.9 Å². The molecule has 1 rings (SSSR count). The summed E-state index contributed by atoms with van der Waals surface area (Å²) in [6.45, 7) is -0.486. The fraction of sp³-hybridized carbons (Fsp3) is 0.273. The Morgan fingerprint density at radius 2 is 2.06 bits per heavy atom. The van der Waals surface area contributed by atoms with E-state index < -0.39 is 24.5 Å². The molecule has 0 spiro atoms. The average Bonchev–Trinajstić information content (AvgIpc) is 2.30. The highest BCUT2D eigenvalue weighted by Gasteiger charge is 2.21. The molecule has 1 atom stereocenters. The zero-order chi connectivity index (χ0) is 13.7. The number of methoxy groups -OCH3 is 1. The maximum atomic E-state index is 11.0. The van der Waals surface area contributed by atoms with Crippen LogP contribution in [0.25, 0.3) is 0 Å². The van der Waals surface area contributed by atoms with Gasteiger partial charge in [-0.2, -0.15) is 0 Å². The lowest BCUT2D eigenvalue weighted by Gasteiger charge is -2.14. The van der Waals surface area contributed by atoms with Crippen LogP contribution in [-0.4, -0.2) is 40.9 Å². The van der Waals surface area contributed by atoms with Crippen LogP contribution in [0.15, 0.2) is 18.2 Å². The fourth-order valence-electron chi connectivity index (χ4n) is 1.41. The first-order valence-electron chi connectivity index (χ1n) is 5.00. The van der Waals surface area contributed by atoms with Crippen LogP contribution in [0, 0.1) is 0 Å². The van der Waals surface area contributed by atoms with Crippen molar-refractivity contribution in [3.63, 3.8) is 0 Å². The van der Waals surface area contributed by atoms with Crippen molar-refractivity contribution >= 4 is 11.9 Å². The van der Waals surface area contributed by atoms with Gasteiger partial charge in [0.25, 0.3) is 0 Å². The topological polar surface area (TPSA) is 116 Å². The van der Waals surface area contributed by atoms with E-state index in [1.807, 2.05) is 0 Å². The summed E-state index contributed by atoms with van der Waals surface area (Å²) in [6.07, 6.45) is 0. The number of aliphatic carboxylic acids is 2. The molecule has 0 amide bonds. The Kier molecular flexibility index (Phi) is 4.50. The van der Waals surface area contributed by atoms with Gasteiger partial charge >= 0.3 is 11.9 Å². The van der Waals surface area contributed by atoms with Crippen molar-refractivity contribution < 1.29 is 29.6 Å². The predicted octanol–water partition coefficient (Wildman–Crippen LogP) is 0.201. The smallest absolute Gasteiger partial charge is 0.325 e. The summed E-state index contributed by atoms with van der Waals surface area (Å²) in [7, 11) is 1.33. The minimum atomic E-state index is -1.22. The maximum absolute atomic E-state index is 11.0. The molecule has 0 aliphatic carbocycles. The molecule has 7 nitrogen and oxygen atoms in total. The molecule has 4 N–H and O–H groups in total. The van der Waals surface area contributed by atoms with E-state index in [9.17, 15) is 14.7 Å². The Balaban J connectivity index is 2.98. The summed E-state index contributed by atoms with van der Waals surface area (Å²) in [5.41, 5.74) is 0.290. The minimum Gasteiger partial charge on any atom is -0.504 e. The van der Waals surface area contributed by atoms with Gasteiger partial charge in [0.2, 0.25) is 0 Å². The van der Waals surface area contributed by atoms with Crippen molar-refractivity contribution in [2.45, 2.75) is 6.04 Å². The summed E-state index contributed by atoms with van der Waals surface area (Å²) >= 11 is 0. The number of aromatic hydroxyl groups is 1. The van der Waals surface area contributed by atoms with Crippen LogP contribution in [0.4, 0.5) is 0 Å².